The van der Waals surface area contributed by atoms with E-state index in [0.29, 0.717) is 23.9 Å². The minimum Gasteiger partial charge on any atom is -0.391 e. The van der Waals surface area contributed by atoms with Gasteiger partial charge in [0.1, 0.15) is 13.2 Å². The van der Waals surface area contributed by atoms with Crippen LogP contribution in [0.2, 0.25) is 0 Å². The number of nitrogens with one attached hydrogen (secondary N) is 1. The maximum absolute atomic E-state index is 13.1. The maximum atomic E-state index is 13.1. The standard InChI is InChI=1S/C74H133N2O6P/c1-6-8-10-12-14-16-18-20-22-24-26-28-29-30-31-32-33-34-35-36-37-38-39-40-41-42-43-44-45-46-47-48-50-52-54-56-58-60-62-64-66-68-74(78)75-72(71-82-83(79,80)81-70-69-76(3,4)5)73(77)67-65-63-61-59-57-55-53-51-49-27-25-23-21-19-17-15-13-11-9-7-2/h8,10,14,16,20,22,26,28,30-31,33-34,36-37,39-40,42-43,72-73,77H,6-7,9,11-13,15,17-19,21,23-25,27,29,32,35,38,41,44-71H2,1-5H3,(H-,75,78,79,80)/p+1/b10-8-,16-14-,22-20-,28-26-,31-30-,34-33-,37-36-,40-39-,43-42-. The van der Waals surface area contributed by atoms with Gasteiger partial charge in [-0.3, -0.25) is 13.8 Å². The predicted molar refractivity (Wildman–Crippen MR) is 364 cm³/mol. The van der Waals surface area contributed by atoms with E-state index < -0.39 is 20.0 Å². The zero-order valence-electron chi connectivity index (χ0n) is 54.9. The molecule has 0 saturated heterocycles. The van der Waals surface area contributed by atoms with Crippen LogP contribution in [-0.2, 0) is 18.4 Å². The fourth-order valence-electron chi connectivity index (χ4n) is 9.92. The third-order valence-corrected chi connectivity index (χ3v) is 16.3. The van der Waals surface area contributed by atoms with Gasteiger partial charge in [0.15, 0.2) is 0 Å². The number of aliphatic hydroxyl groups is 1. The molecule has 0 aliphatic rings. The lowest BCUT2D eigenvalue weighted by Gasteiger charge is -2.26. The van der Waals surface area contributed by atoms with Gasteiger partial charge in [-0.05, 0) is 83.5 Å². The summed E-state index contributed by atoms with van der Waals surface area (Å²) in [4.78, 5) is 23.4. The largest absolute Gasteiger partial charge is 0.472 e. The van der Waals surface area contributed by atoms with Crippen molar-refractivity contribution in [3.8, 4) is 0 Å². The van der Waals surface area contributed by atoms with Gasteiger partial charge in [-0.15, -0.1) is 0 Å². The van der Waals surface area contributed by atoms with E-state index in [1.165, 1.54) is 180 Å². The Morgan fingerprint density at radius 2 is 0.723 bits per heavy atom. The fraction of sp³-hybridized carbons (Fsp3) is 0.743. The average Bonchev–Trinajstić information content (AvgIpc) is 3.49. The van der Waals surface area contributed by atoms with E-state index in [1.807, 2.05) is 21.1 Å². The number of hydrogen-bond donors (Lipinski definition) is 3. The Hall–Kier alpha value is -2.84. The molecule has 0 saturated carbocycles. The van der Waals surface area contributed by atoms with Crippen molar-refractivity contribution in [2.45, 2.75) is 315 Å². The molecule has 0 spiro atoms. The molecule has 9 heteroatoms. The van der Waals surface area contributed by atoms with Crippen LogP contribution < -0.4 is 5.32 Å². The molecule has 0 aliphatic heterocycles. The first-order chi connectivity index (χ1) is 40.5. The van der Waals surface area contributed by atoms with Crippen molar-refractivity contribution in [3.05, 3.63) is 109 Å². The molecule has 3 atom stereocenters. The van der Waals surface area contributed by atoms with E-state index >= 15 is 0 Å². The van der Waals surface area contributed by atoms with E-state index in [9.17, 15) is 19.4 Å². The minimum absolute atomic E-state index is 0.0716. The Morgan fingerprint density at radius 3 is 1.06 bits per heavy atom. The number of likely N-dealkylation sites (N-methyl/N-ethyl adjacent to an activating group) is 1. The molecule has 3 N–H and O–H groups in total. The van der Waals surface area contributed by atoms with Gasteiger partial charge >= 0.3 is 7.82 Å². The highest BCUT2D eigenvalue weighted by atomic mass is 31.2. The second-order valence-corrected chi connectivity index (χ2v) is 26.0. The quantitative estimate of drug-likeness (QED) is 0.0243. The Bertz CT molecular complexity index is 1720. The van der Waals surface area contributed by atoms with Crippen LogP contribution in [0.5, 0.6) is 0 Å². The summed E-state index contributed by atoms with van der Waals surface area (Å²) in [5.41, 5.74) is 0. The number of phosphoric ester groups is 1. The molecular formula is C74H134N2O6P+. The van der Waals surface area contributed by atoms with Crippen LogP contribution >= 0.6 is 7.82 Å². The van der Waals surface area contributed by atoms with Crippen molar-refractivity contribution in [3.63, 3.8) is 0 Å². The third-order valence-electron chi connectivity index (χ3n) is 15.3. The van der Waals surface area contributed by atoms with Crippen molar-refractivity contribution >= 4 is 13.7 Å². The molecule has 3 unspecified atom stereocenters. The molecule has 0 heterocycles. The highest BCUT2D eigenvalue weighted by Gasteiger charge is 2.28. The summed E-state index contributed by atoms with van der Waals surface area (Å²) in [6, 6.07) is -0.768. The number of hydrogen-bond acceptors (Lipinski definition) is 5. The van der Waals surface area contributed by atoms with Gasteiger partial charge in [0.2, 0.25) is 5.91 Å². The summed E-state index contributed by atoms with van der Waals surface area (Å²) in [5.74, 6) is -0.146. The fourth-order valence-corrected chi connectivity index (χ4v) is 10.7. The Labute approximate surface area is 514 Å². The van der Waals surface area contributed by atoms with Crippen molar-refractivity contribution in [1.82, 2.24) is 5.32 Å². The first kappa shape index (κ1) is 80.2. The first-order valence-corrected chi connectivity index (χ1v) is 36.2. The Balaban J connectivity index is 4.03. The van der Waals surface area contributed by atoms with E-state index in [2.05, 4.69) is 129 Å². The lowest BCUT2D eigenvalue weighted by atomic mass is 10.0. The van der Waals surface area contributed by atoms with Crippen LogP contribution in [0.25, 0.3) is 0 Å². The van der Waals surface area contributed by atoms with E-state index in [1.54, 1.807) is 0 Å². The molecule has 0 aromatic rings. The molecule has 83 heavy (non-hydrogen) atoms. The lowest BCUT2D eigenvalue weighted by molar-refractivity contribution is -0.870. The van der Waals surface area contributed by atoms with Crippen molar-refractivity contribution in [1.29, 1.82) is 0 Å². The number of carbonyl (C=O) groups excluding carboxylic acids is 1. The Kier molecular flexibility index (Phi) is 61.5. The zero-order chi connectivity index (χ0) is 60.5. The summed E-state index contributed by atoms with van der Waals surface area (Å²) in [7, 11) is 1.61. The summed E-state index contributed by atoms with van der Waals surface area (Å²) in [6.07, 6.45) is 93.2. The van der Waals surface area contributed by atoms with Crippen LogP contribution in [0.4, 0.5) is 0 Å². The molecule has 0 rings (SSSR count). The summed E-state index contributed by atoms with van der Waals surface area (Å²) in [6.45, 7) is 4.80. The smallest absolute Gasteiger partial charge is 0.391 e. The Morgan fingerprint density at radius 1 is 0.422 bits per heavy atom. The van der Waals surface area contributed by atoms with Gasteiger partial charge in [0, 0.05) is 6.42 Å². The maximum Gasteiger partial charge on any atom is 0.472 e. The zero-order valence-corrected chi connectivity index (χ0v) is 55.8. The van der Waals surface area contributed by atoms with Gasteiger partial charge in [0.25, 0.3) is 0 Å². The molecule has 0 aromatic heterocycles. The van der Waals surface area contributed by atoms with Gasteiger partial charge in [-0.25, -0.2) is 4.57 Å². The predicted octanol–water partition coefficient (Wildman–Crippen LogP) is 22.3. The van der Waals surface area contributed by atoms with Gasteiger partial charge in [-0.1, -0.05) is 322 Å². The number of rotatable bonds is 63. The normalized spacial score (nSPS) is 14.3. The van der Waals surface area contributed by atoms with Crippen LogP contribution in [0, 0.1) is 0 Å². The van der Waals surface area contributed by atoms with Gasteiger partial charge in [-0.2, -0.15) is 0 Å². The number of quaternary nitrogens is 1. The molecule has 480 valence electrons. The van der Waals surface area contributed by atoms with E-state index in [-0.39, 0.29) is 19.1 Å². The van der Waals surface area contributed by atoms with Crippen LogP contribution in [0.15, 0.2) is 109 Å². The number of allylic oxidation sites excluding steroid dienone is 18. The molecule has 0 bridgehead atoms. The van der Waals surface area contributed by atoms with Crippen molar-refractivity contribution in [2.24, 2.45) is 0 Å². The summed E-state index contributed by atoms with van der Waals surface area (Å²) in [5, 5.41) is 14.1. The topological polar surface area (TPSA) is 105 Å². The van der Waals surface area contributed by atoms with Crippen molar-refractivity contribution in [2.75, 3.05) is 40.9 Å². The van der Waals surface area contributed by atoms with Crippen LogP contribution in [0.3, 0.4) is 0 Å². The first-order valence-electron chi connectivity index (χ1n) is 34.8. The number of nitrogens with zero attached hydrogens (tertiary/aromatic N) is 1. The highest BCUT2D eigenvalue weighted by Crippen LogP contribution is 2.43. The number of phosphoric acid groups is 1. The minimum atomic E-state index is -4.33. The summed E-state index contributed by atoms with van der Waals surface area (Å²) >= 11 is 0. The number of amides is 1. The molecule has 0 aromatic carbocycles. The number of aliphatic hydroxyl groups excluding tert-OH is 1. The summed E-state index contributed by atoms with van der Waals surface area (Å²) < 4.78 is 23.9. The average molecular weight is 1180 g/mol. The number of carbonyl (C=O) groups is 1. The number of unbranched alkanes of at least 4 members (excludes halogenated alkanes) is 32. The molecular weight excluding hydrogens is 1040 g/mol. The van der Waals surface area contributed by atoms with Gasteiger partial charge in [0.05, 0.1) is 39.9 Å². The van der Waals surface area contributed by atoms with Gasteiger partial charge < -0.3 is 19.8 Å². The molecule has 0 fully saturated rings. The molecule has 0 aliphatic carbocycles. The second kappa shape index (κ2) is 63.7. The van der Waals surface area contributed by atoms with Crippen LogP contribution in [-0.4, -0.2) is 73.4 Å². The van der Waals surface area contributed by atoms with E-state index in [4.69, 9.17) is 9.05 Å². The van der Waals surface area contributed by atoms with Crippen LogP contribution in [0.1, 0.15) is 303 Å². The SMILES string of the molecule is CC/C=C\C/C=C\C/C=C\C/C=C\C/C=C\C/C=C\C/C=C\C/C=C\C/C=C\CCCCCCCCCCCCCCCC(=O)NC(COP(=O)(O)OCC[N+](C)(C)C)C(O)CCCCCCCCCCCCCCCCCCCCCC. The third kappa shape index (κ3) is 66.5. The highest BCUT2D eigenvalue weighted by molar-refractivity contribution is 7.47. The van der Waals surface area contributed by atoms with Crippen molar-refractivity contribution < 1.29 is 32.9 Å². The monoisotopic (exact) mass is 1180 g/mol. The molecule has 8 nitrogen and oxygen atoms in total. The second-order valence-electron chi connectivity index (χ2n) is 24.5. The molecule has 0 radical (unpaired) electrons. The lowest BCUT2D eigenvalue weighted by Crippen LogP contribution is -2.46. The van der Waals surface area contributed by atoms with E-state index in [0.717, 1.165) is 96.3 Å². The molecule has 1 amide bonds.